The zero-order valence-electron chi connectivity index (χ0n) is 9.75. The van der Waals surface area contributed by atoms with Crippen molar-refractivity contribution in [2.24, 2.45) is 0 Å². The molecule has 0 amide bonds. The standard InChI is InChI=1S/C12H13Cl2NO3/c1-2-3-12(14)10(16)8(13)9(11(12)17)15-4-6-18-7-5-15/h2H,1,3-7H2/t12-/m0/s1. The number of hydrogen-bond donors (Lipinski definition) is 0. The molecular formula is C12H13Cl2NO3. The average molecular weight is 290 g/mol. The molecule has 6 heteroatoms. The van der Waals surface area contributed by atoms with Crippen molar-refractivity contribution in [3.8, 4) is 0 Å². The first-order valence-electron chi connectivity index (χ1n) is 5.64. The fourth-order valence-corrected chi connectivity index (χ4v) is 2.83. The smallest absolute Gasteiger partial charge is 0.209 e. The summed E-state index contributed by atoms with van der Waals surface area (Å²) in [6, 6.07) is 0. The van der Waals surface area contributed by atoms with E-state index in [1.54, 1.807) is 4.90 Å². The van der Waals surface area contributed by atoms with Gasteiger partial charge in [0.1, 0.15) is 10.7 Å². The molecule has 4 nitrogen and oxygen atoms in total. The maximum atomic E-state index is 12.3. The molecule has 1 fully saturated rings. The van der Waals surface area contributed by atoms with Gasteiger partial charge in [0.05, 0.1) is 13.2 Å². The van der Waals surface area contributed by atoms with Gasteiger partial charge in [-0.2, -0.15) is 0 Å². The Labute approximate surface area is 115 Å². The van der Waals surface area contributed by atoms with Crippen molar-refractivity contribution in [3.05, 3.63) is 23.4 Å². The molecule has 98 valence electrons. The predicted molar refractivity (Wildman–Crippen MR) is 68.7 cm³/mol. The van der Waals surface area contributed by atoms with E-state index in [9.17, 15) is 9.59 Å². The molecule has 0 aromatic rings. The van der Waals surface area contributed by atoms with Gasteiger partial charge >= 0.3 is 0 Å². The van der Waals surface area contributed by atoms with Crippen molar-refractivity contribution in [2.45, 2.75) is 11.3 Å². The van der Waals surface area contributed by atoms with E-state index < -0.39 is 16.4 Å². The zero-order chi connectivity index (χ0) is 13.3. The molecule has 0 aromatic carbocycles. The molecule has 1 atom stereocenters. The third kappa shape index (κ3) is 1.98. The van der Waals surface area contributed by atoms with Gasteiger partial charge in [0.15, 0.2) is 4.87 Å². The van der Waals surface area contributed by atoms with Crippen molar-refractivity contribution in [3.63, 3.8) is 0 Å². The lowest BCUT2D eigenvalue weighted by molar-refractivity contribution is -0.125. The molecule has 0 bridgehead atoms. The Bertz CT molecular complexity index is 441. The number of ether oxygens (including phenoxy) is 1. The van der Waals surface area contributed by atoms with Crippen molar-refractivity contribution in [2.75, 3.05) is 26.3 Å². The lowest BCUT2D eigenvalue weighted by Gasteiger charge is -2.29. The van der Waals surface area contributed by atoms with Crippen molar-refractivity contribution >= 4 is 34.8 Å². The number of hydrogen-bond acceptors (Lipinski definition) is 4. The Hall–Kier alpha value is -0.840. The maximum absolute atomic E-state index is 12.3. The van der Waals surface area contributed by atoms with Crippen molar-refractivity contribution < 1.29 is 14.3 Å². The molecule has 0 saturated carbocycles. The van der Waals surface area contributed by atoms with Gasteiger partial charge in [-0.25, -0.2) is 0 Å². The van der Waals surface area contributed by atoms with Crippen molar-refractivity contribution in [1.29, 1.82) is 0 Å². The Morgan fingerprint density at radius 1 is 1.33 bits per heavy atom. The lowest BCUT2D eigenvalue weighted by Crippen LogP contribution is -2.42. The minimum Gasteiger partial charge on any atom is -0.378 e. The molecular weight excluding hydrogens is 277 g/mol. The summed E-state index contributed by atoms with van der Waals surface area (Å²) in [4.78, 5) is 24.5. The van der Waals surface area contributed by atoms with Crippen LogP contribution in [-0.2, 0) is 14.3 Å². The molecule has 0 spiro atoms. The molecule has 2 aliphatic rings. The second-order valence-electron chi connectivity index (χ2n) is 4.21. The van der Waals surface area contributed by atoms with Crippen LogP contribution in [0.5, 0.6) is 0 Å². The van der Waals surface area contributed by atoms with Crippen LogP contribution in [0.4, 0.5) is 0 Å². The minimum absolute atomic E-state index is 0.0706. The van der Waals surface area contributed by atoms with E-state index in [0.717, 1.165) is 0 Å². The van der Waals surface area contributed by atoms with Gasteiger partial charge in [0, 0.05) is 13.1 Å². The van der Waals surface area contributed by atoms with Gasteiger partial charge in [-0.15, -0.1) is 18.2 Å². The number of carbonyl (C=O) groups is 2. The molecule has 0 N–H and O–H groups in total. The highest BCUT2D eigenvalue weighted by Crippen LogP contribution is 2.39. The van der Waals surface area contributed by atoms with Crippen LogP contribution in [0.3, 0.4) is 0 Å². The summed E-state index contributed by atoms with van der Waals surface area (Å²) < 4.78 is 5.20. The minimum atomic E-state index is -1.60. The number of rotatable bonds is 3. The summed E-state index contributed by atoms with van der Waals surface area (Å²) in [5.41, 5.74) is 0.224. The summed E-state index contributed by atoms with van der Waals surface area (Å²) in [7, 11) is 0. The summed E-state index contributed by atoms with van der Waals surface area (Å²) in [5.74, 6) is -0.960. The van der Waals surface area contributed by atoms with Gasteiger partial charge in [-0.3, -0.25) is 9.59 Å². The fourth-order valence-electron chi connectivity index (χ4n) is 2.13. The third-order valence-electron chi connectivity index (χ3n) is 3.10. The van der Waals surface area contributed by atoms with Crippen LogP contribution in [-0.4, -0.2) is 47.6 Å². The molecule has 2 rings (SSSR count). The first kappa shape index (κ1) is 13.6. The first-order chi connectivity index (χ1) is 8.52. The van der Waals surface area contributed by atoms with E-state index >= 15 is 0 Å². The van der Waals surface area contributed by atoms with Gasteiger partial charge in [0.25, 0.3) is 0 Å². The monoisotopic (exact) mass is 289 g/mol. The number of ketones is 2. The largest absolute Gasteiger partial charge is 0.378 e. The molecule has 18 heavy (non-hydrogen) atoms. The normalized spacial score (nSPS) is 29.1. The summed E-state index contributed by atoms with van der Waals surface area (Å²) >= 11 is 12.1. The van der Waals surface area contributed by atoms with Crippen LogP contribution in [0, 0.1) is 0 Å². The van der Waals surface area contributed by atoms with Crippen molar-refractivity contribution in [1.82, 2.24) is 4.90 Å². The number of carbonyl (C=O) groups excluding carboxylic acids is 2. The van der Waals surface area contributed by atoms with Crippen LogP contribution in [0.25, 0.3) is 0 Å². The van der Waals surface area contributed by atoms with Gasteiger partial charge in [0.2, 0.25) is 11.6 Å². The molecule has 0 aromatic heterocycles. The number of allylic oxidation sites excluding steroid dienone is 3. The molecule has 1 aliphatic carbocycles. The van der Waals surface area contributed by atoms with E-state index in [4.69, 9.17) is 27.9 Å². The van der Waals surface area contributed by atoms with E-state index in [1.165, 1.54) is 6.08 Å². The maximum Gasteiger partial charge on any atom is 0.209 e. The Morgan fingerprint density at radius 2 is 1.94 bits per heavy atom. The Balaban J connectivity index is 2.33. The van der Waals surface area contributed by atoms with E-state index in [-0.39, 0.29) is 17.2 Å². The number of nitrogens with zero attached hydrogens (tertiary/aromatic N) is 1. The van der Waals surface area contributed by atoms with E-state index in [2.05, 4.69) is 6.58 Å². The lowest BCUT2D eigenvalue weighted by atomic mass is 9.99. The van der Waals surface area contributed by atoms with Gasteiger partial charge in [-0.1, -0.05) is 17.7 Å². The van der Waals surface area contributed by atoms with Crippen LogP contribution in [0.15, 0.2) is 23.4 Å². The number of Topliss-reactive ketones (excluding diaryl/α,β-unsaturated/α-hetero) is 2. The van der Waals surface area contributed by atoms with Crippen LogP contribution < -0.4 is 0 Å². The predicted octanol–water partition coefficient (Wildman–Crippen LogP) is 1.47. The molecule has 1 saturated heterocycles. The summed E-state index contributed by atoms with van der Waals surface area (Å²) in [6.07, 6.45) is 1.53. The second kappa shape index (κ2) is 5.03. The SMILES string of the molecule is C=CC[C@]1(Cl)C(=O)C(Cl)=C(N2CCOCC2)C1=O. The first-order valence-corrected chi connectivity index (χ1v) is 6.40. The van der Waals surface area contributed by atoms with Crippen LogP contribution in [0.2, 0.25) is 0 Å². The zero-order valence-corrected chi connectivity index (χ0v) is 11.3. The van der Waals surface area contributed by atoms with Crippen LogP contribution >= 0.6 is 23.2 Å². The molecule has 1 heterocycles. The van der Waals surface area contributed by atoms with Gasteiger partial charge < -0.3 is 9.64 Å². The highest BCUT2D eigenvalue weighted by Gasteiger charge is 2.53. The second-order valence-corrected chi connectivity index (χ2v) is 5.24. The molecule has 0 unspecified atom stereocenters. The fraction of sp³-hybridized carbons (Fsp3) is 0.500. The molecule has 1 aliphatic heterocycles. The van der Waals surface area contributed by atoms with Crippen LogP contribution in [0.1, 0.15) is 6.42 Å². The number of halogens is 2. The van der Waals surface area contributed by atoms with E-state index in [1.807, 2.05) is 0 Å². The number of morpholine rings is 1. The van der Waals surface area contributed by atoms with E-state index in [0.29, 0.717) is 26.3 Å². The summed E-state index contributed by atoms with van der Waals surface area (Å²) in [5, 5.41) is -0.0706. The highest BCUT2D eigenvalue weighted by atomic mass is 35.5. The highest BCUT2D eigenvalue weighted by molar-refractivity contribution is 6.62. The number of alkyl halides is 1. The molecule has 0 radical (unpaired) electrons. The quantitative estimate of drug-likeness (QED) is 0.449. The Morgan fingerprint density at radius 3 is 2.50 bits per heavy atom. The van der Waals surface area contributed by atoms with Gasteiger partial charge in [-0.05, 0) is 6.42 Å². The Kier molecular flexibility index (Phi) is 3.80. The third-order valence-corrected chi connectivity index (χ3v) is 3.94. The topological polar surface area (TPSA) is 46.6 Å². The summed E-state index contributed by atoms with van der Waals surface area (Å²) in [6.45, 7) is 5.60. The average Bonchev–Trinajstić information content (AvgIpc) is 2.53.